The van der Waals surface area contributed by atoms with Crippen LogP contribution in [0.1, 0.15) is 60.7 Å². The van der Waals surface area contributed by atoms with Crippen molar-refractivity contribution in [1.82, 2.24) is 50.6 Å². The van der Waals surface area contributed by atoms with E-state index < -0.39 is 46.9 Å². The van der Waals surface area contributed by atoms with Crippen molar-refractivity contribution < 1.29 is 125 Å². The minimum absolute atomic E-state index is 0.0429. The van der Waals surface area contributed by atoms with Crippen molar-refractivity contribution in [3.05, 3.63) is 265 Å². The Hall–Kier alpha value is -16.8. The van der Waals surface area contributed by atoms with E-state index in [0.29, 0.717) is 125 Å². The van der Waals surface area contributed by atoms with Crippen molar-refractivity contribution in [3.8, 4) is 138 Å². The van der Waals surface area contributed by atoms with Crippen LogP contribution < -0.4 is 59.2 Å². The molecular weight excluding hydrogens is 1820 g/mol. The Morgan fingerprint density at radius 1 is 0.331 bits per heavy atom. The van der Waals surface area contributed by atoms with Crippen LogP contribution in [-0.4, -0.2) is 207 Å². The molecule has 0 radical (unpaired) electrons. The summed E-state index contributed by atoms with van der Waals surface area (Å²) in [5.41, 5.74) is 2.16. The van der Waals surface area contributed by atoms with Gasteiger partial charge in [0, 0.05) is 55.5 Å². The van der Waals surface area contributed by atoms with E-state index >= 15 is 0 Å². The summed E-state index contributed by atoms with van der Waals surface area (Å²) in [5, 5.41) is 50.9. The molecule has 0 spiro atoms. The Balaban J connectivity index is 0.000000141. The van der Waals surface area contributed by atoms with Gasteiger partial charge in [0.15, 0.2) is 23.0 Å². The number of halogens is 4. The van der Waals surface area contributed by atoms with Crippen LogP contribution in [0.25, 0.3) is 92.4 Å². The van der Waals surface area contributed by atoms with E-state index in [-0.39, 0.29) is 111 Å². The highest BCUT2D eigenvalue weighted by atomic mass is 19.1. The van der Waals surface area contributed by atoms with Gasteiger partial charge in [0.05, 0.1) is 125 Å². The summed E-state index contributed by atoms with van der Waals surface area (Å²) in [6.07, 6.45) is 9.64. The predicted octanol–water partition coefficient (Wildman–Crippen LogP) is 17.6. The largest absolute Gasteiger partial charge is 0.496 e. The van der Waals surface area contributed by atoms with Crippen LogP contribution in [0.2, 0.25) is 0 Å². The highest BCUT2D eigenvalue weighted by Crippen LogP contribution is 2.37. The number of benzene rings is 8. The third-order valence-corrected chi connectivity index (χ3v) is 21.0. The topological polar surface area (TPSA) is 444 Å². The Morgan fingerprint density at radius 2 is 0.612 bits per heavy atom. The van der Waals surface area contributed by atoms with Crippen LogP contribution in [0.3, 0.4) is 0 Å². The molecule has 8 aromatic heterocycles. The number of piperidine rings is 1. The second-order valence-corrected chi connectivity index (χ2v) is 30.1. The first kappa shape index (κ1) is 96.8. The number of rotatable bonds is 35. The van der Waals surface area contributed by atoms with Gasteiger partial charge >= 0.3 is 0 Å². The first-order valence-electron chi connectivity index (χ1n) is 43.2. The van der Waals surface area contributed by atoms with Gasteiger partial charge in [0.25, 0.3) is 47.2 Å². The van der Waals surface area contributed by atoms with E-state index in [2.05, 4.69) is 71.9 Å². The van der Waals surface area contributed by atoms with Gasteiger partial charge in [0.1, 0.15) is 95.7 Å². The Labute approximate surface area is 789 Å². The van der Waals surface area contributed by atoms with Crippen molar-refractivity contribution in [2.24, 2.45) is 0 Å². The maximum absolute atomic E-state index is 14.6. The SMILES string of the molecule is COCCOc1ccc(OC)c(C(=O)Nc2cc(-c3nnc(-c4ccco4)o3)ccc2F)c1.COc1ccc(OCCN2CCCCC2)cc1C(=O)Nc1cc(-c2nnc(-c3ccco3)o2)ccc1F.COc1ccc(OCCN2CCOCC2)cc1C(=O)Nc1cc(-c2nnc(-c3ccco3)o2)ccc1F.COc1ccc(OCCO)cc1C(=O)Nc1cc(-c2nnc(-c3ccco3)o2)ccc1F. The molecule has 37 nitrogen and oxygen atoms in total. The Morgan fingerprint density at radius 3 is 0.885 bits per heavy atom. The average Bonchev–Trinajstić information content (AvgIpc) is 1.79. The molecule has 0 unspecified atom stereocenters. The third kappa shape index (κ3) is 25.5. The number of anilines is 4. The molecule has 2 fully saturated rings. The molecule has 139 heavy (non-hydrogen) atoms. The van der Waals surface area contributed by atoms with E-state index in [4.69, 9.17) is 87.8 Å². The number of hydrogen-bond acceptors (Lipinski definition) is 33. The maximum atomic E-state index is 14.6. The molecule has 0 saturated carbocycles. The summed E-state index contributed by atoms with van der Waals surface area (Å²) < 4.78 is 156. The molecule has 2 aliphatic heterocycles. The molecule has 0 bridgehead atoms. The van der Waals surface area contributed by atoms with Crippen LogP contribution in [0.4, 0.5) is 40.3 Å². The number of ether oxygens (including phenoxy) is 10. The molecule has 5 N–H and O–H groups in total. The molecule has 2 saturated heterocycles. The average molecular weight is 1910 g/mol. The number of amides is 4. The summed E-state index contributed by atoms with van der Waals surface area (Å²) in [6.45, 7) is 8.42. The van der Waals surface area contributed by atoms with Gasteiger partial charge in [-0.2, -0.15) is 0 Å². The van der Waals surface area contributed by atoms with E-state index in [1.54, 1.807) is 116 Å². The molecular formula is C98H90F4N14O23. The van der Waals surface area contributed by atoms with Crippen molar-refractivity contribution in [3.63, 3.8) is 0 Å². The fourth-order valence-corrected chi connectivity index (χ4v) is 14.0. The van der Waals surface area contributed by atoms with Crippen LogP contribution in [0, 0.1) is 23.3 Å². The third-order valence-electron chi connectivity index (χ3n) is 21.0. The van der Waals surface area contributed by atoms with Crippen molar-refractivity contribution in [2.45, 2.75) is 19.3 Å². The lowest BCUT2D eigenvalue weighted by molar-refractivity contribution is 0.0322. The highest BCUT2D eigenvalue weighted by Gasteiger charge is 2.27. The number of carbonyl (C=O) groups excluding carboxylic acids is 4. The number of aliphatic hydroxyl groups excluding tert-OH is 1. The Kier molecular flexibility index (Phi) is 33.0. The molecule has 4 amide bonds. The lowest BCUT2D eigenvalue weighted by Crippen LogP contribution is -2.38. The fourth-order valence-electron chi connectivity index (χ4n) is 14.0. The number of furan rings is 4. The van der Waals surface area contributed by atoms with Gasteiger partial charge < -0.3 is 109 Å². The van der Waals surface area contributed by atoms with E-state index in [1.165, 1.54) is 158 Å². The zero-order valence-electron chi connectivity index (χ0n) is 75.2. The van der Waals surface area contributed by atoms with Gasteiger partial charge in [0.2, 0.25) is 23.6 Å². The van der Waals surface area contributed by atoms with Crippen molar-refractivity contribution >= 4 is 46.4 Å². The number of likely N-dealkylation sites (tertiary alicyclic amines) is 1. The lowest BCUT2D eigenvalue weighted by atomic mass is 10.1. The molecule has 2 aliphatic rings. The van der Waals surface area contributed by atoms with Crippen LogP contribution >= 0.6 is 0 Å². The number of methoxy groups -OCH3 is 5. The minimum atomic E-state index is -0.653. The molecule has 8 aromatic carbocycles. The minimum Gasteiger partial charge on any atom is -0.496 e. The summed E-state index contributed by atoms with van der Waals surface area (Å²) >= 11 is 0. The summed E-state index contributed by atoms with van der Waals surface area (Å²) in [4.78, 5) is 56.7. The quantitative estimate of drug-likeness (QED) is 0.0182. The van der Waals surface area contributed by atoms with Gasteiger partial charge in [-0.1, -0.05) is 6.42 Å². The van der Waals surface area contributed by atoms with Crippen molar-refractivity contribution in [1.29, 1.82) is 0 Å². The number of carbonyl (C=O) groups is 4. The van der Waals surface area contributed by atoms with Crippen LogP contribution in [-0.2, 0) is 9.47 Å². The first-order chi connectivity index (χ1) is 67.9. The van der Waals surface area contributed by atoms with Gasteiger partial charge in [-0.3, -0.25) is 29.0 Å². The molecule has 41 heteroatoms. The fraction of sp³-hybridized carbons (Fsp3) is 0.224. The molecule has 16 aromatic rings. The maximum Gasteiger partial charge on any atom is 0.283 e. The van der Waals surface area contributed by atoms with Crippen molar-refractivity contribution in [2.75, 3.05) is 149 Å². The monoisotopic (exact) mass is 1910 g/mol. The number of aliphatic hydroxyl groups is 1. The summed E-state index contributed by atoms with van der Waals surface area (Å²) in [7, 11) is 7.33. The van der Waals surface area contributed by atoms with Gasteiger partial charge in [-0.15, -0.1) is 40.8 Å². The second kappa shape index (κ2) is 47.4. The van der Waals surface area contributed by atoms with Gasteiger partial charge in [-0.25, -0.2) is 17.6 Å². The van der Waals surface area contributed by atoms with Gasteiger partial charge in [-0.05, 0) is 220 Å². The zero-order valence-corrected chi connectivity index (χ0v) is 75.2. The molecule has 718 valence electrons. The van der Waals surface area contributed by atoms with Crippen LogP contribution in [0.15, 0.2) is 255 Å². The normalized spacial score (nSPS) is 12.4. The number of nitrogens with one attached hydrogen (secondary N) is 4. The molecule has 0 aliphatic carbocycles. The summed E-state index contributed by atoms with van der Waals surface area (Å²) in [6, 6.07) is 49.1. The number of hydrogen-bond donors (Lipinski definition) is 5. The zero-order chi connectivity index (χ0) is 96.9. The Bertz CT molecular complexity index is 6550. The smallest absolute Gasteiger partial charge is 0.283 e. The lowest BCUT2D eigenvalue weighted by Gasteiger charge is -2.26. The van der Waals surface area contributed by atoms with E-state index in [0.717, 1.165) is 39.3 Å². The first-order valence-corrected chi connectivity index (χ1v) is 43.2. The predicted molar refractivity (Wildman–Crippen MR) is 492 cm³/mol. The highest BCUT2D eigenvalue weighted by molar-refractivity contribution is 6.09. The van der Waals surface area contributed by atoms with E-state index in [1.807, 2.05) is 0 Å². The number of morpholine rings is 1. The summed E-state index contributed by atoms with van der Waals surface area (Å²) in [5.74, 6) is 1.20. The molecule has 10 heterocycles. The number of aromatic nitrogens is 8. The molecule has 0 atom stereocenters. The van der Waals surface area contributed by atoms with E-state index in [9.17, 15) is 36.7 Å². The second-order valence-electron chi connectivity index (χ2n) is 30.1. The molecule has 18 rings (SSSR count). The standard InChI is InChI=1S/C27H27FN4O5.C26H25FN4O6.C23H20FN3O6.C22H18FN3O6/c1-34-23-10-8-19(35-15-13-32-11-3-2-4-12-32)17-20(23)25(33)29-22-16-18(7-9-21(22)28)26-30-31-27(37-26)24-6-5-14-36-24;1-33-22-7-5-18(35-14-10-31-8-12-34-13-9-31)16-19(22)24(32)28-21-15-17(4-6-20(21)27)25-29-30-26(37-25)23-3-2-11-36-23;1-29-10-11-31-15-6-8-19(30-2)16(13-15)21(28)25-18-12-14(5-7-17(18)24)22-26-27-23(33-22)20-4-3-9-32-20;1-29-18-7-5-14(30-10-8-27)12-15(18)20(28)24-17-11-13(4-6-16(17)23)21-25-26-22(32-21)19-3-2-9-31-19/h5-10,14,16-17H,2-4,11-13,15H2,1H3,(H,29,33);2-7,11,15-16H,8-10,12-14H2,1H3,(H,28,32);3-9,12-13H,10-11H2,1-2H3,(H,25,28);2-7,9,11-12,27H,8,10H2,1H3,(H,24,28). The van der Waals surface area contributed by atoms with Crippen LogP contribution in [0.5, 0.6) is 46.0 Å². The number of nitrogens with zero attached hydrogens (tertiary/aromatic N) is 10.